The van der Waals surface area contributed by atoms with Gasteiger partial charge in [-0.15, -0.1) is 0 Å². The monoisotopic (exact) mass is 228 g/mol. The predicted octanol–water partition coefficient (Wildman–Crippen LogP) is -2.30. The lowest BCUT2D eigenvalue weighted by Crippen LogP contribution is -2.33. The molecule has 0 aliphatic carbocycles. The van der Waals surface area contributed by atoms with E-state index in [1.54, 1.807) is 0 Å². The van der Waals surface area contributed by atoms with Crippen LogP contribution in [0.15, 0.2) is 0 Å². The third-order valence-electron chi connectivity index (χ3n) is 2.00. The van der Waals surface area contributed by atoms with Gasteiger partial charge in [0.05, 0.1) is 11.9 Å². The molecule has 1 heterocycles. The quantitative estimate of drug-likeness (QED) is 0.400. The predicted molar refractivity (Wildman–Crippen MR) is 43.9 cm³/mol. The van der Waals surface area contributed by atoms with Crippen LogP contribution in [-0.2, 0) is 14.9 Å². The van der Waals surface area contributed by atoms with Gasteiger partial charge >= 0.3 is 0 Å². The van der Waals surface area contributed by atoms with Crippen LogP contribution in [0.5, 0.6) is 0 Å². The fraction of sp³-hybridized carbons (Fsp3) is 1.00. The zero-order valence-electron chi connectivity index (χ0n) is 7.15. The topological polar surface area (TPSA) is 124 Å². The van der Waals surface area contributed by atoms with Crippen molar-refractivity contribution in [1.82, 2.24) is 0 Å². The van der Waals surface area contributed by atoms with Gasteiger partial charge in [-0.2, -0.15) is 8.42 Å². The van der Waals surface area contributed by atoms with Gasteiger partial charge in [-0.05, 0) is 6.42 Å². The van der Waals surface area contributed by atoms with Gasteiger partial charge in [0.2, 0.25) is 0 Å². The Bertz CT molecular complexity index is 287. The smallest absolute Gasteiger partial charge is 0.264 e. The highest BCUT2D eigenvalue weighted by atomic mass is 32.2. The number of ether oxygens (including phenoxy) is 1. The first-order chi connectivity index (χ1) is 6.31. The number of aliphatic hydroxyl groups excluding tert-OH is 3. The molecule has 0 aromatic heterocycles. The summed E-state index contributed by atoms with van der Waals surface area (Å²) in [5.41, 5.74) is 0. The Kier molecular flexibility index (Phi) is 3.45. The summed E-state index contributed by atoms with van der Waals surface area (Å²) in [6, 6.07) is 0. The average Bonchev–Trinajstić information content (AvgIpc) is 2.28. The Morgan fingerprint density at radius 1 is 1.14 bits per heavy atom. The second kappa shape index (κ2) is 4.09. The van der Waals surface area contributed by atoms with E-state index in [0.717, 1.165) is 0 Å². The van der Waals surface area contributed by atoms with Crippen molar-refractivity contribution >= 4 is 10.1 Å². The largest absolute Gasteiger partial charge is 0.387 e. The van der Waals surface area contributed by atoms with Crippen LogP contribution in [0.25, 0.3) is 0 Å². The normalized spacial score (nSPS) is 38.9. The standard InChI is InChI=1S/C6H12O7S/c7-4-3(1-2-14(10,11)12)13-6(9)5(4)8/h3-9H,1-2H2,(H,10,11,12)/t3-,4-,5-,6?/m1/s1. The summed E-state index contributed by atoms with van der Waals surface area (Å²) in [6.07, 6.45) is -5.47. The van der Waals surface area contributed by atoms with Gasteiger partial charge in [0.25, 0.3) is 10.1 Å². The van der Waals surface area contributed by atoms with Crippen molar-refractivity contribution in [3.8, 4) is 0 Å². The summed E-state index contributed by atoms with van der Waals surface area (Å²) in [5.74, 6) is -0.589. The molecule has 1 unspecified atom stereocenters. The summed E-state index contributed by atoms with van der Waals surface area (Å²) in [6.45, 7) is 0. The Balaban J connectivity index is 2.48. The van der Waals surface area contributed by atoms with Gasteiger partial charge in [-0.1, -0.05) is 0 Å². The van der Waals surface area contributed by atoms with Crippen LogP contribution in [0.1, 0.15) is 6.42 Å². The van der Waals surface area contributed by atoms with E-state index in [9.17, 15) is 13.5 Å². The first kappa shape index (κ1) is 11.8. The number of hydrogen-bond acceptors (Lipinski definition) is 6. The van der Waals surface area contributed by atoms with Crippen LogP contribution in [0.2, 0.25) is 0 Å². The summed E-state index contributed by atoms with van der Waals surface area (Å²) < 4.78 is 33.8. The Hall–Kier alpha value is -0.250. The summed E-state index contributed by atoms with van der Waals surface area (Å²) >= 11 is 0. The second-order valence-electron chi connectivity index (χ2n) is 3.12. The van der Waals surface area contributed by atoms with Gasteiger partial charge in [0, 0.05) is 0 Å². The zero-order valence-corrected chi connectivity index (χ0v) is 7.96. The van der Waals surface area contributed by atoms with E-state index >= 15 is 0 Å². The molecule has 1 rings (SSSR count). The fourth-order valence-electron chi connectivity index (χ4n) is 1.23. The maximum absolute atomic E-state index is 10.4. The van der Waals surface area contributed by atoms with Crippen LogP contribution < -0.4 is 0 Å². The van der Waals surface area contributed by atoms with E-state index < -0.39 is 40.5 Å². The SMILES string of the molecule is O=S(=O)(O)CC[C@H]1OC(O)[C@H](O)[C@@H]1O. The highest BCUT2D eigenvalue weighted by Crippen LogP contribution is 2.22. The molecule has 7 nitrogen and oxygen atoms in total. The van der Waals surface area contributed by atoms with E-state index in [2.05, 4.69) is 4.74 Å². The zero-order chi connectivity index (χ0) is 10.9. The summed E-state index contributed by atoms with van der Waals surface area (Å²) in [4.78, 5) is 0. The Morgan fingerprint density at radius 3 is 2.07 bits per heavy atom. The Labute approximate surface area is 80.7 Å². The van der Waals surface area contributed by atoms with Crippen molar-refractivity contribution in [2.24, 2.45) is 0 Å². The van der Waals surface area contributed by atoms with Gasteiger partial charge in [-0.25, -0.2) is 0 Å². The minimum Gasteiger partial charge on any atom is -0.387 e. The molecule has 0 spiro atoms. The van der Waals surface area contributed by atoms with Crippen LogP contribution in [0.3, 0.4) is 0 Å². The van der Waals surface area contributed by atoms with Crippen LogP contribution >= 0.6 is 0 Å². The summed E-state index contributed by atoms with van der Waals surface area (Å²) in [7, 11) is -4.12. The van der Waals surface area contributed by atoms with Crippen molar-refractivity contribution in [1.29, 1.82) is 0 Å². The molecule has 1 aliphatic heterocycles. The van der Waals surface area contributed by atoms with Gasteiger partial charge in [-0.3, -0.25) is 4.55 Å². The van der Waals surface area contributed by atoms with Crippen molar-refractivity contribution in [2.75, 3.05) is 5.75 Å². The van der Waals surface area contributed by atoms with Gasteiger partial charge in [0.1, 0.15) is 12.2 Å². The average molecular weight is 228 g/mol. The summed E-state index contributed by atoms with van der Waals surface area (Å²) in [5, 5.41) is 27.2. The van der Waals surface area contributed by atoms with Crippen LogP contribution in [0, 0.1) is 0 Å². The molecule has 0 aromatic rings. The van der Waals surface area contributed by atoms with Crippen molar-refractivity contribution in [3.63, 3.8) is 0 Å². The van der Waals surface area contributed by atoms with Gasteiger partial charge in [0.15, 0.2) is 6.29 Å². The second-order valence-corrected chi connectivity index (χ2v) is 4.69. The molecule has 0 saturated carbocycles. The van der Waals surface area contributed by atoms with E-state index in [1.165, 1.54) is 0 Å². The minimum absolute atomic E-state index is 0.186. The highest BCUT2D eigenvalue weighted by molar-refractivity contribution is 7.85. The maximum Gasteiger partial charge on any atom is 0.264 e. The number of rotatable bonds is 3. The molecule has 0 amide bonds. The molecule has 0 aromatic carbocycles. The molecule has 14 heavy (non-hydrogen) atoms. The molecular weight excluding hydrogens is 216 g/mol. The third-order valence-corrected chi connectivity index (χ3v) is 2.75. The Morgan fingerprint density at radius 2 is 1.71 bits per heavy atom. The highest BCUT2D eigenvalue weighted by Gasteiger charge is 2.41. The molecule has 0 radical (unpaired) electrons. The van der Waals surface area contributed by atoms with Crippen molar-refractivity contribution in [3.05, 3.63) is 0 Å². The molecule has 1 saturated heterocycles. The molecule has 4 atom stereocenters. The molecule has 1 fully saturated rings. The van der Waals surface area contributed by atoms with Crippen LogP contribution in [0.4, 0.5) is 0 Å². The third kappa shape index (κ3) is 2.87. The van der Waals surface area contributed by atoms with Crippen LogP contribution in [-0.4, -0.2) is 58.6 Å². The molecule has 1 aliphatic rings. The lowest BCUT2D eigenvalue weighted by atomic mass is 10.1. The first-order valence-corrected chi connectivity index (χ1v) is 5.57. The first-order valence-electron chi connectivity index (χ1n) is 3.96. The lowest BCUT2D eigenvalue weighted by Gasteiger charge is -2.12. The van der Waals surface area contributed by atoms with Gasteiger partial charge < -0.3 is 20.1 Å². The van der Waals surface area contributed by atoms with E-state index in [-0.39, 0.29) is 6.42 Å². The lowest BCUT2D eigenvalue weighted by molar-refractivity contribution is -0.127. The molecule has 84 valence electrons. The maximum atomic E-state index is 10.4. The minimum atomic E-state index is -4.12. The molecule has 8 heteroatoms. The molecule has 4 N–H and O–H groups in total. The van der Waals surface area contributed by atoms with E-state index in [0.29, 0.717) is 0 Å². The number of hydrogen-bond donors (Lipinski definition) is 4. The van der Waals surface area contributed by atoms with E-state index in [1.807, 2.05) is 0 Å². The van der Waals surface area contributed by atoms with Crippen molar-refractivity contribution < 1.29 is 33.0 Å². The van der Waals surface area contributed by atoms with E-state index in [4.69, 9.17) is 14.8 Å². The van der Waals surface area contributed by atoms with Crippen molar-refractivity contribution in [2.45, 2.75) is 31.0 Å². The number of aliphatic hydroxyl groups is 3. The fourth-order valence-corrected chi connectivity index (χ4v) is 1.76. The molecular formula is C6H12O7S. The molecule has 0 bridgehead atoms.